The molecule has 0 fully saturated rings. The summed E-state index contributed by atoms with van der Waals surface area (Å²) in [6.45, 7) is 0. The van der Waals surface area contributed by atoms with Gasteiger partial charge in [0.15, 0.2) is 0 Å². The molecule has 0 saturated carbocycles. The standard InChI is InChI=1S/Ag.Cu.Se.Te. The zero-order chi connectivity index (χ0) is 0. The second kappa shape index (κ2) is 17.6. The molecule has 0 N–H and O–H groups in total. The Morgan fingerprint density at radius 3 is 1.00 bits per heavy atom. The average Bonchev–Trinajstić information content (AvgIpc) is 0. The smallest absolute Gasteiger partial charge is 0 e. The molecule has 0 aliphatic heterocycles. The minimum atomic E-state index is 0. The van der Waals surface area contributed by atoms with Crippen molar-refractivity contribution in [2.24, 2.45) is 0 Å². The van der Waals surface area contributed by atoms with Crippen LogP contribution < -0.4 is 0 Å². The van der Waals surface area contributed by atoms with Gasteiger partial charge in [0.2, 0.25) is 0 Å². The summed E-state index contributed by atoms with van der Waals surface area (Å²) < 4.78 is 0. The first-order chi connectivity index (χ1) is 0. The van der Waals surface area contributed by atoms with Crippen molar-refractivity contribution in [3.63, 3.8) is 0 Å². The van der Waals surface area contributed by atoms with Crippen LogP contribution in [0.25, 0.3) is 0 Å². The van der Waals surface area contributed by atoms with Crippen molar-refractivity contribution >= 4 is 40.7 Å². The molecular formula is AgCuSeTe. The molecule has 4 heavy (non-hydrogen) atoms. The Kier molecular flexibility index (Phi) is 136. The van der Waals surface area contributed by atoms with Crippen molar-refractivity contribution in [3.05, 3.63) is 0 Å². The van der Waals surface area contributed by atoms with Gasteiger partial charge in [-0.2, -0.15) is 0 Å². The summed E-state index contributed by atoms with van der Waals surface area (Å²) in [7, 11) is 0. The van der Waals surface area contributed by atoms with Crippen LogP contribution >= 0.6 is 0 Å². The number of hydrogen-bond acceptors (Lipinski definition) is 0. The maximum absolute atomic E-state index is 0. The summed E-state index contributed by atoms with van der Waals surface area (Å²) in [5.74, 6) is 0. The Hall–Kier alpha value is 2.57. The molecular weight excluding hydrogens is 378 g/mol. The Bertz CT molecular complexity index is 8.00. The van der Waals surface area contributed by atoms with E-state index in [1.54, 1.807) is 0 Å². The SMILES string of the molecule is [Ag].[Cu].[Se].[Te]. The molecule has 0 atom stereocenters. The van der Waals surface area contributed by atoms with Crippen LogP contribution in [0.3, 0.4) is 0 Å². The summed E-state index contributed by atoms with van der Waals surface area (Å²) in [5, 5.41) is 0. The molecule has 0 bridgehead atoms. The Morgan fingerprint density at radius 2 is 1.00 bits per heavy atom. The molecule has 0 nitrogen and oxygen atoms in total. The molecule has 6 radical (unpaired) electrons. The normalized spacial score (nSPS) is 0. The van der Waals surface area contributed by atoms with E-state index < -0.39 is 0 Å². The zero-order valence-corrected chi connectivity index (χ0v) is 7.89. The zero-order valence-electron chi connectivity index (χ0n) is 1.42. The predicted octanol–water partition coefficient (Wildman–Crippen LogP) is -0.767. The minimum absolute atomic E-state index is 0. The van der Waals surface area contributed by atoms with Crippen LogP contribution in [-0.2, 0) is 39.4 Å². The third-order valence-corrected chi connectivity index (χ3v) is 0. The maximum Gasteiger partial charge on any atom is 0 e. The Balaban J connectivity index is 0. The molecule has 0 unspecified atom stereocenters. The van der Waals surface area contributed by atoms with E-state index in [-0.39, 0.29) is 80.2 Å². The summed E-state index contributed by atoms with van der Waals surface area (Å²) in [6, 6.07) is 0. The maximum atomic E-state index is 0. The van der Waals surface area contributed by atoms with Gasteiger partial charge in [-0.15, -0.1) is 0 Å². The van der Waals surface area contributed by atoms with Gasteiger partial charge in [-0.1, -0.05) is 0 Å². The molecule has 0 saturated heterocycles. The first kappa shape index (κ1) is 30.9. The van der Waals surface area contributed by atoms with Crippen molar-refractivity contribution in [1.29, 1.82) is 0 Å². The molecule has 4 heteroatoms. The second-order valence-corrected chi connectivity index (χ2v) is 0. The average molecular weight is 378 g/mol. The van der Waals surface area contributed by atoms with Crippen molar-refractivity contribution in [1.82, 2.24) is 0 Å². The van der Waals surface area contributed by atoms with E-state index >= 15 is 0 Å². The van der Waals surface area contributed by atoms with Gasteiger partial charge < -0.3 is 0 Å². The van der Waals surface area contributed by atoms with Gasteiger partial charge in [0.05, 0.1) is 0 Å². The van der Waals surface area contributed by atoms with Gasteiger partial charge in [0.25, 0.3) is 0 Å². The van der Waals surface area contributed by atoms with E-state index in [9.17, 15) is 0 Å². The quantitative estimate of drug-likeness (QED) is 0.487. The van der Waals surface area contributed by atoms with Gasteiger partial charge in [0, 0.05) is 80.2 Å². The van der Waals surface area contributed by atoms with Crippen LogP contribution in [0.1, 0.15) is 0 Å². The Morgan fingerprint density at radius 1 is 1.00 bits per heavy atom. The molecule has 34 valence electrons. The van der Waals surface area contributed by atoms with Crippen LogP contribution in [0.4, 0.5) is 0 Å². The van der Waals surface area contributed by atoms with Crippen molar-refractivity contribution in [2.45, 2.75) is 0 Å². The van der Waals surface area contributed by atoms with E-state index in [0.717, 1.165) is 0 Å². The van der Waals surface area contributed by atoms with E-state index in [1.165, 1.54) is 0 Å². The largest absolute Gasteiger partial charge is 0 e. The first-order valence-corrected chi connectivity index (χ1v) is 0. The fourth-order valence-corrected chi connectivity index (χ4v) is 0. The van der Waals surface area contributed by atoms with Gasteiger partial charge in [-0.05, 0) is 0 Å². The van der Waals surface area contributed by atoms with Crippen LogP contribution in [0.2, 0.25) is 0 Å². The summed E-state index contributed by atoms with van der Waals surface area (Å²) in [6.07, 6.45) is 0. The molecule has 0 aliphatic rings. The van der Waals surface area contributed by atoms with Crippen LogP contribution in [-0.4, -0.2) is 40.7 Å². The van der Waals surface area contributed by atoms with Crippen LogP contribution in [0.5, 0.6) is 0 Å². The van der Waals surface area contributed by atoms with Crippen molar-refractivity contribution in [2.75, 3.05) is 0 Å². The Labute approximate surface area is 79.0 Å². The van der Waals surface area contributed by atoms with Gasteiger partial charge >= 0.3 is 0 Å². The van der Waals surface area contributed by atoms with E-state index in [0.29, 0.717) is 0 Å². The van der Waals surface area contributed by atoms with Crippen LogP contribution in [0, 0.1) is 0 Å². The van der Waals surface area contributed by atoms with Crippen molar-refractivity contribution < 1.29 is 39.4 Å². The number of hydrogen-bond donors (Lipinski definition) is 0. The van der Waals surface area contributed by atoms with Gasteiger partial charge in [-0.3, -0.25) is 0 Å². The van der Waals surface area contributed by atoms with E-state index in [4.69, 9.17) is 0 Å². The minimum Gasteiger partial charge on any atom is 0 e. The molecule has 0 rings (SSSR count). The molecule has 0 amide bonds. The van der Waals surface area contributed by atoms with E-state index in [1.807, 2.05) is 0 Å². The summed E-state index contributed by atoms with van der Waals surface area (Å²) in [5.41, 5.74) is 0. The van der Waals surface area contributed by atoms with E-state index in [2.05, 4.69) is 0 Å². The molecule has 0 aromatic carbocycles. The molecule has 0 heterocycles. The fraction of sp³-hybridized carbons (Fsp3) is 0. The summed E-state index contributed by atoms with van der Waals surface area (Å²) >= 11 is 0. The monoisotopic (exact) mass is 380 g/mol. The first-order valence-electron chi connectivity index (χ1n) is 0. The van der Waals surface area contributed by atoms with Gasteiger partial charge in [-0.25, -0.2) is 0 Å². The number of rotatable bonds is 0. The third-order valence-electron chi connectivity index (χ3n) is 0. The van der Waals surface area contributed by atoms with Crippen LogP contribution in [0.15, 0.2) is 0 Å². The second-order valence-electron chi connectivity index (χ2n) is 0. The topological polar surface area (TPSA) is 0 Å². The molecule has 0 spiro atoms. The molecule has 0 aromatic rings. The predicted molar refractivity (Wildman–Crippen MR) is 11.5 cm³/mol. The summed E-state index contributed by atoms with van der Waals surface area (Å²) in [4.78, 5) is 0. The molecule has 0 aromatic heterocycles. The fourth-order valence-electron chi connectivity index (χ4n) is 0. The molecule has 0 aliphatic carbocycles. The van der Waals surface area contributed by atoms with Crippen molar-refractivity contribution in [3.8, 4) is 0 Å². The van der Waals surface area contributed by atoms with Gasteiger partial charge in [0.1, 0.15) is 0 Å². The third kappa shape index (κ3) is 8.82.